The standard InChI is InChI=1S/C16H22N2O5S/c1-10-7-13(9-14(11(10)2)24(17,22)23)16(21)18-5-3-12(4-6-18)8-15(19)20/h7,9,12H,3-6,8H2,1-2H3,(H,19,20)(H2,17,22,23). The van der Waals surface area contributed by atoms with E-state index in [1.807, 2.05) is 0 Å². The Kier molecular flexibility index (Phi) is 5.29. The molecule has 0 aliphatic carbocycles. The second-order valence-electron chi connectivity index (χ2n) is 6.29. The molecular formula is C16H22N2O5S. The Morgan fingerprint density at radius 2 is 1.83 bits per heavy atom. The second kappa shape index (κ2) is 6.90. The molecule has 1 aromatic carbocycles. The number of carbonyl (C=O) groups excluding carboxylic acids is 1. The number of likely N-dealkylation sites (tertiary alicyclic amines) is 1. The number of benzene rings is 1. The molecule has 1 aliphatic heterocycles. The van der Waals surface area contributed by atoms with E-state index in [0.29, 0.717) is 42.6 Å². The van der Waals surface area contributed by atoms with E-state index in [2.05, 4.69) is 0 Å². The van der Waals surface area contributed by atoms with Gasteiger partial charge in [-0.05, 0) is 55.9 Å². The minimum atomic E-state index is -3.90. The van der Waals surface area contributed by atoms with Crippen molar-refractivity contribution in [3.63, 3.8) is 0 Å². The number of carbonyl (C=O) groups is 2. The lowest BCUT2D eigenvalue weighted by Gasteiger charge is -2.31. The van der Waals surface area contributed by atoms with Crippen LogP contribution in [0.25, 0.3) is 0 Å². The minimum Gasteiger partial charge on any atom is -0.481 e. The molecule has 1 heterocycles. The molecule has 1 fully saturated rings. The Balaban J connectivity index is 2.20. The topological polar surface area (TPSA) is 118 Å². The molecule has 1 aromatic rings. The monoisotopic (exact) mass is 354 g/mol. The van der Waals surface area contributed by atoms with Gasteiger partial charge in [0.15, 0.2) is 0 Å². The minimum absolute atomic E-state index is 0.0355. The summed E-state index contributed by atoms with van der Waals surface area (Å²) in [4.78, 5) is 25.0. The number of hydrogen-bond acceptors (Lipinski definition) is 4. The molecule has 1 saturated heterocycles. The predicted molar refractivity (Wildman–Crippen MR) is 88.2 cm³/mol. The van der Waals surface area contributed by atoms with Gasteiger partial charge in [0.05, 0.1) is 4.90 Å². The Labute approximate surface area is 141 Å². The fourth-order valence-corrected chi connectivity index (χ4v) is 3.89. The van der Waals surface area contributed by atoms with Crippen molar-refractivity contribution in [1.82, 2.24) is 4.90 Å². The van der Waals surface area contributed by atoms with Gasteiger partial charge < -0.3 is 10.0 Å². The number of nitrogens with zero attached hydrogens (tertiary/aromatic N) is 1. The summed E-state index contributed by atoms with van der Waals surface area (Å²) in [6, 6.07) is 2.99. The van der Waals surface area contributed by atoms with Crippen LogP contribution in [0.5, 0.6) is 0 Å². The highest BCUT2D eigenvalue weighted by molar-refractivity contribution is 7.89. The van der Waals surface area contributed by atoms with E-state index < -0.39 is 16.0 Å². The van der Waals surface area contributed by atoms with E-state index in [0.717, 1.165) is 0 Å². The molecule has 8 heteroatoms. The number of rotatable bonds is 4. The van der Waals surface area contributed by atoms with Gasteiger partial charge in [0.2, 0.25) is 10.0 Å². The highest BCUT2D eigenvalue weighted by atomic mass is 32.2. The third-order valence-corrected chi connectivity index (χ3v) is 5.58. The lowest BCUT2D eigenvalue weighted by Crippen LogP contribution is -2.39. The molecule has 132 valence electrons. The Bertz CT molecular complexity index is 765. The van der Waals surface area contributed by atoms with Gasteiger partial charge in [0.1, 0.15) is 0 Å². The molecule has 0 bridgehead atoms. The first kappa shape index (κ1) is 18.4. The number of amides is 1. The van der Waals surface area contributed by atoms with Crippen LogP contribution in [-0.4, -0.2) is 43.4 Å². The lowest BCUT2D eigenvalue weighted by molar-refractivity contribution is -0.138. The molecule has 0 saturated carbocycles. The van der Waals surface area contributed by atoms with Gasteiger partial charge in [0.25, 0.3) is 5.91 Å². The van der Waals surface area contributed by atoms with E-state index in [-0.39, 0.29) is 23.1 Å². The molecule has 0 radical (unpaired) electrons. The zero-order valence-corrected chi connectivity index (χ0v) is 14.6. The fourth-order valence-electron chi connectivity index (χ4n) is 3.02. The zero-order chi connectivity index (χ0) is 18.1. The summed E-state index contributed by atoms with van der Waals surface area (Å²) in [5, 5.41) is 14.1. The van der Waals surface area contributed by atoms with Crippen molar-refractivity contribution in [3.05, 3.63) is 28.8 Å². The molecular weight excluding hydrogens is 332 g/mol. The van der Waals surface area contributed by atoms with E-state index in [1.54, 1.807) is 24.8 Å². The van der Waals surface area contributed by atoms with Crippen molar-refractivity contribution in [2.45, 2.75) is 38.0 Å². The summed E-state index contributed by atoms with van der Waals surface area (Å²) in [5.74, 6) is -1.00. The van der Waals surface area contributed by atoms with Crippen molar-refractivity contribution in [3.8, 4) is 0 Å². The number of carboxylic acids is 1. The number of hydrogen-bond donors (Lipinski definition) is 2. The number of sulfonamides is 1. The van der Waals surface area contributed by atoms with Crippen LogP contribution in [0.3, 0.4) is 0 Å². The molecule has 0 aromatic heterocycles. The quantitative estimate of drug-likeness (QED) is 0.844. The van der Waals surface area contributed by atoms with Crippen molar-refractivity contribution >= 4 is 21.9 Å². The predicted octanol–water partition coefficient (Wildman–Crippen LogP) is 1.28. The number of aliphatic carboxylic acids is 1. The number of aryl methyl sites for hydroxylation is 1. The molecule has 0 unspecified atom stereocenters. The van der Waals surface area contributed by atoms with Crippen LogP contribution in [0.4, 0.5) is 0 Å². The third-order valence-electron chi connectivity index (χ3n) is 4.54. The van der Waals surface area contributed by atoms with E-state index in [1.165, 1.54) is 6.07 Å². The highest BCUT2D eigenvalue weighted by Crippen LogP contribution is 2.24. The average molecular weight is 354 g/mol. The zero-order valence-electron chi connectivity index (χ0n) is 13.8. The van der Waals surface area contributed by atoms with Gasteiger partial charge in [-0.3, -0.25) is 9.59 Å². The SMILES string of the molecule is Cc1cc(C(=O)N2CCC(CC(=O)O)CC2)cc(S(N)(=O)=O)c1C. The summed E-state index contributed by atoms with van der Waals surface area (Å²) in [6.45, 7) is 4.32. The van der Waals surface area contributed by atoms with E-state index >= 15 is 0 Å². The van der Waals surface area contributed by atoms with Crippen molar-refractivity contribution in [2.24, 2.45) is 11.1 Å². The van der Waals surface area contributed by atoms with Crippen LogP contribution >= 0.6 is 0 Å². The maximum Gasteiger partial charge on any atom is 0.303 e. The van der Waals surface area contributed by atoms with Crippen LogP contribution in [0.2, 0.25) is 0 Å². The Hall–Kier alpha value is -1.93. The van der Waals surface area contributed by atoms with Crippen molar-refractivity contribution < 1.29 is 23.1 Å². The van der Waals surface area contributed by atoms with Crippen LogP contribution in [0.1, 0.15) is 40.7 Å². The second-order valence-corrected chi connectivity index (χ2v) is 7.82. The summed E-state index contributed by atoms with van der Waals surface area (Å²) in [6.07, 6.45) is 1.37. The number of nitrogens with two attached hydrogens (primary N) is 1. The van der Waals surface area contributed by atoms with Crippen LogP contribution in [-0.2, 0) is 14.8 Å². The molecule has 7 nitrogen and oxygen atoms in total. The smallest absolute Gasteiger partial charge is 0.303 e. The fraction of sp³-hybridized carbons (Fsp3) is 0.500. The molecule has 24 heavy (non-hydrogen) atoms. The van der Waals surface area contributed by atoms with E-state index in [9.17, 15) is 18.0 Å². The normalized spacial score (nSPS) is 16.2. The molecule has 1 amide bonds. The molecule has 2 rings (SSSR count). The summed E-state index contributed by atoms with van der Waals surface area (Å²) >= 11 is 0. The first-order valence-electron chi connectivity index (χ1n) is 7.74. The number of piperidine rings is 1. The number of carboxylic acid groups (broad SMARTS) is 1. The molecule has 3 N–H and O–H groups in total. The summed E-state index contributed by atoms with van der Waals surface area (Å²) in [7, 11) is -3.90. The maximum absolute atomic E-state index is 12.6. The summed E-state index contributed by atoms with van der Waals surface area (Å²) < 4.78 is 23.4. The first-order chi connectivity index (χ1) is 11.1. The lowest BCUT2D eigenvalue weighted by atomic mass is 9.93. The molecule has 0 atom stereocenters. The number of primary sulfonamides is 1. The van der Waals surface area contributed by atoms with Crippen molar-refractivity contribution in [2.75, 3.05) is 13.1 Å². The molecule has 1 aliphatic rings. The van der Waals surface area contributed by atoms with Crippen molar-refractivity contribution in [1.29, 1.82) is 0 Å². The average Bonchev–Trinajstić information content (AvgIpc) is 2.48. The van der Waals surface area contributed by atoms with Gasteiger partial charge in [-0.2, -0.15) is 0 Å². The van der Waals surface area contributed by atoms with Crippen LogP contribution in [0.15, 0.2) is 17.0 Å². The van der Waals surface area contributed by atoms with Crippen LogP contribution < -0.4 is 5.14 Å². The Morgan fingerprint density at radius 1 is 1.25 bits per heavy atom. The molecule has 0 spiro atoms. The van der Waals surface area contributed by atoms with Gasteiger partial charge >= 0.3 is 5.97 Å². The van der Waals surface area contributed by atoms with Crippen LogP contribution in [0, 0.1) is 19.8 Å². The first-order valence-corrected chi connectivity index (χ1v) is 9.29. The third kappa shape index (κ3) is 4.12. The summed E-state index contributed by atoms with van der Waals surface area (Å²) in [5.41, 5.74) is 1.51. The van der Waals surface area contributed by atoms with Gasteiger partial charge in [-0.25, -0.2) is 13.6 Å². The highest BCUT2D eigenvalue weighted by Gasteiger charge is 2.26. The van der Waals surface area contributed by atoms with E-state index in [4.69, 9.17) is 10.2 Å². The largest absolute Gasteiger partial charge is 0.481 e. The Morgan fingerprint density at radius 3 is 2.33 bits per heavy atom. The maximum atomic E-state index is 12.6. The van der Waals surface area contributed by atoms with Gasteiger partial charge in [-0.15, -0.1) is 0 Å². The van der Waals surface area contributed by atoms with Gasteiger partial charge in [-0.1, -0.05) is 0 Å². The van der Waals surface area contributed by atoms with Gasteiger partial charge in [0, 0.05) is 25.1 Å².